The van der Waals surface area contributed by atoms with Gasteiger partial charge in [0.2, 0.25) is 29.5 Å². The van der Waals surface area contributed by atoms with E-state index in [-0.39, 0.29) is 17.8 Å². The molecule has 0 spiro atoms. The molecule has 5 amide bonds. The first kappa shape index (κ1) is 29.3. The van der Waals surface area contributed by atoms with Crippen LogP contribution in [0.3, 0.4) is 0 Å². The van der Waals surface area contributed by atoms with Crippen LogP contribution in [0.2, 0.25) is 0 Å². The highest BCUT2D eigenvalue weighted by atomic mass is 33.1. The third kappa shape index (κ3) is 8.30. The van der Waals surface area contributed by atoms with Crippen molar-refractivity contribution in [2.24, 2.45) is 17.8 Å². The molecule has 2 aliphatic heterocycles. The van der Waals surface area contributed by atoms with Crippen molar-refractivity contribution in [1.82, 2.24) is 26.6 Å². The van der Waals surface area contributed by atoms with Gasteiger partial charge in [0.1, 0.15) is 30.2 Å². The molecule has 2 rings (SSSR count). The highest BCUT2D eigenvalue weighted by molar-refractivity contribution is 8.76. The van der Waals surface area contributed by atoms with Crippen molar-refractivity contribution in [1.29, 1.82) is 0 Å². The summed E-state index contributed by atoms with van der Waals surface area (Å²) >= 11 is 0. The van der Waals surface area contributed by atoms with Crippen LogP contribution in [0.1, 0.15) is 54.4 Å². The van der Waals surface area contributed by atoms with Gasteiger partial charge in [0.15, 0.2) is 0 Å². The summed E-state index contributed by atoms with van der Waals surface area (Å²) in [6.45, 7) is 11.2. The Hall–Kier alpha value is -1.95. The van der Waals surface area contributed by atoms with Crippen LogP contribution in [-0.2, 0) is 24.0 Å². The molecule has 2 bridgehead atoms. The van der Waals surface area contributed by atoms with Crippen molar-refractivity contribution >= 4 is 51.1 Å². The quantitative estimate of drug-likeness (QED) is 0.327. The lowest BCUT2D eigenvalue weighted by atomic mass is 9.95. The first-order valence-corrected chi connectivity index (χ1v) is 14.7. The Labute approximate surface area is 215 Å². The number of hydrogen-bond acceptors (Lipinski definition) is 7. The summed E-state index contributed by atoms with van der Waals surface area (Å²) in [6, 6.07) is -4.38. The largest absolute Gasteiger partial charge is 0.342 e. The predicted molar refractivity (Wildman–Crippen MR) is 138 cm³/mol. The van der Waals surface area contributed by atoms with E-state index >= 15 is 0 Å². The molecule has 0 aromatic rings. The topological polar surface area (TPSA) is 146 Å². The number of amides is 5. The van der Waals surface area contributed by atoms with Gasteiger partial charge in [-0.15, -0.1) is 0 Å². The molecule has 0 unspecified atom stereocenters. The second-order valence-electron chi connectivity index (χ2n) is 9.98. The van der Waals surface area contributed by atoms with Crippen LogP contribution >= 0.6 is 21.6 Å². The highest BCUT2D eigenvalue weighted by Crippen LogP contribution is 2.25. The Morgan fingerprint density at radius 2 is 1.17 bits per heavy atom. The summed E-state index contributed by atoms with van der Waals surface area (Å²) < 4.78 is 0. The van der Waals surface area contributed by atoms with Gasteiger partial charge in [-0.25, -0.2) is 0 Å². The molecule has 12 heteroatoms. The molecule has 2 aliphatic rings. The van der Waals surface area contributed by atoms with E-state index in [4.69, 9.17) is 0 Å². The summed E-state index contributed by atoms with van der Waals surface area (Å²) in [5.41, 5.74) is 0. The van der Waals surface area contributed by atoms with Crippen LogP contribution in [0, 0.1) is 17.8 Å². The van der Waals surface area contributed by atoms with Crippen molar-refractivity contribution in [2.45, 2.75) is 84.6 Å². The van der Waals surface area contributed by atoms with E-state index in [1.807, 2.05) is 27.7 Å². The Balaban J connectivity index is 2.48. The zero-order valence-corrected chi connectivity index (χ0v) is 22.9. The average molecular weight is 530 g/mol. The maximum atomic E-state index is 13.3. The van der Waals surface area contributed by atoms with E-state index in [1.54, 1.807) is 13.8 Å². The van der Waals surface area contributed by atoms with E-state index in [0.29, 0.717) is 24.3 Å². The van der Waals surface area contributed by atoms with Crippen molar-refractivity contribution in [3.63, 3.8) is 0 Å². The fourth-order valence-electron chi connectivity index (χ4n) is 3.84. The fraction of sp³-hybridized carbons (Fsp3) is 0.783. The molecule has 35 heavy (non-hydrogen) atoms. The number of carbonyl (C=O) groups is 5. The molecule has 0 saturated carbocycles. The number of fused-ring (bicyclic) bond motifs is 3. The van der Waals surface area contributed by atoms with Crippen molar-refractivity contribution < 1.29 is 24.0 Å². The van der Waals surface area contributed by atoms with Gasteiger partial charge >= 0.3 is 0 Å². The van der Waals surface area contributed by atoms with E-state index in [2.05, 4.69) is 26.6 Å². The van der Waals surface area contributed by atoms with Crippen LogP contribution < -0.4 is 26.6 Å². The van der Waals surface area contributed by atoms with Crippen LogP contribution in [-0.4, -0.2) is 71.3 Å². The summed E-state index contributed by atoms with van der Waals surface area (Å²) in [7, 11) is 2.81. The molecule has 2 saturated heterocycles. The van der Waals surface area contributed by atoms with Gasteiger partial charge in [0.05, 0.1) is 0 Å². The molecule has 6 atom stereocenters. The van der Waals surface area contributed by atoms with Crippen LogP contribution in [0.4, 0.5) is 0 Å². The van der Waals surface area contributed by atoms with Gasteiger partial charge in [-0.05, 0) is 24.2 Å². The second kappa shape index (κ2) is 13.4. The SMILES string of the molecule is CC[C@H](C)[C@@H]1NC(=O)[C@H](C(C)C)NC(=O)[C@H](CC(C)C)NC(=O)[C@@H]2CSSC[C@H](NC1=O)C(=O)N2. The van der Waals surface area contributed by atoms with E-state index < -0.39 is 59.7 Å². The zero-order chi connectivity index (χ0) is 26.3. The lowest BCUT2D eigenvalue weighted by Crippen LogP contribution is -2.60. The Morgan fingerprint density at radius 3 is 1.69 bits per heavy atom. The molecule has 0 aromatic heterocycles. The molecule has 10 nitrogen and oxygen atoms in total. The van der Waals surface area contributed by atoms with Crippen molar-refractivity contribution in [2.75, 3.05) is 11.5 Å². The molecule has 2 fully saturated rings. The van der Waals surface area contributed by atoms with Gasteiger partial charge < -0.3 is 26.6 Å². The maximum absolute atomic E-state index is 13.3. The Morgan fingerprint density at radius 1 is 0.686 bits per heavy atom. The molecule has 0 aliphatic carbocycles. The Kier molecular flexibility index (Phi) is 11.2. The monoisotopic (exact) mass is 529 g/mol. The molecule has 198 valence electrons. The minimum atomic E-state index is -0.897. The first-order valence-electron chi connectivity index (χ1n) is 12.2. The van der Waals surface area contributed by atoms with Gasteiger partial charge in [0.25, 0.3) is 0 Å². The maximum Gasteiger partial charge on any atom is 0.244 e. The molecular formula is C23H39N5O5S2. The molecule has 0 radical (unpaired) electrons. The second-order valence-corrected chi connectivity index (χ2v) is 12.5. The van der Waals surface area contributed by atoms with Gasteiger partial charge in [-0.1, -0.05) is 69.6 Å². The third-order valence-corrected chi connectivity index (χ3v) is 8.62. The summed E-state index contributed by atoms with van der Waals surface area (Å²) in [5, 5.41) is 13.9. The fourth-order valence-corrected chi connectivity index (χ4v) is 6.17. The molecule has 0 aromatic carbocycles. The van der Waals surface area contributed by atoms with Crippen LogP contribution in [0.25, 0.3) is 0 Å². The van der Waals surface area contributed by atoms with Crippen LogP contribution in [0.5, 0.6) is 0 Å². The molecule has 2 heterocycles. The summed E-state index contributed by atoms with van der Waals surface area (Å²) in [6.07, 6.45) is 0.986. The highest BCUT2D eigenvalue weighted by Gasteiger charge is 2.37. The smallest absolute Gasteiger partial charge is 0.244 e. The molecular weight excluding hydrogens is 490 g/mol. The van der Waals surface area contributed by atoms with Gasteiger partial charge in [-0.2, -0.15) is 0 Å². The minimum absolute atomic E-state index is 0.0947. The van der Waals surface area contributed by atoms with Crippen molar-refractivity contribution in [3.8, 4) is 0 Å². The average Bonchev–Trinajstić information content (AvgIpc) is 2.77. The lowest BCUT2D eigenvalue weighted by molar-refractivity contribution is -0.135. The van der Waals surface area contributed by atoms with E-state index in [1.165, 1.54) is 21.6 Å². The zero-order valence-electron chi connectivity index (χ0n) is 21.3. The predicted octanol–water partition coefficient (Wildman–Crippen LogP) is 0.567. The number of rotatable bonds is 5. The van der Waals surface area contributed by atoms with E-state index in [0.717, 1.165) is 0 Å². The van der Waals surface area contributed by atoms with Gasteiger partial charge in [0, 0.05) is 11.5 Å². The van der Waals surface area contributed by atoms with Crippen LogP contribution in [0.15, 0.2) is 0 Å². The third-order valence-electron chi connectivity index (χ3n) is 6.20. The lowest BCUT2D eigenvalue weighted by Gasteiger charge is -2.30. The summed E-state index contributed by atoms with van der Waals surface area (Å²) in [4.78, 5) is 65.8. The van der Waals surface area contributed by atoms with Gasteiger partial charge in [-0.3, -0.25) is 24.0 Å². The standard InChI is InChI=1S/C23H39N5O5S2/c1-7-13(6)18-23(33)26-16-10-35-34-9-15(25-21(16)31)20(30)24-14(8-11(2)3)19(29)27-17(12(4)5)22(32)28-18/h11-18H,7-10H2,1-6H3,(H,24,30)(H,25,31)(H,26,33)(H,27,29)(H,28,32)/t13-,14-,15-,16-,17-,18-/m0/s1. The minimum Gasteiger partial charge on any atom is -0.342 e. The van der Waals surface area contributed by atoms with E-state index in [9.17, 15) is 24.0 Å². The number of nitrogens with one attached hydrogen (secondary N) is 5. The molecule has 5 N–H and O–H groups in total. The van der Waals surface area contributed by atoms with Crippen molar-refractivity contribution in [3.05, 3.63) is 0 Å². The Bertz CT molecular complexity index is 809. The summed E-state index contributed by atoms with van der Waals surface area (Å²) in [5.74, 6) is -2.10. The first-order chi connectivity index (χ1) is 16.4. The normalized spacial score (nSPS) is 30.2. The number of hydrogen-bond donors (Lipinski definition) is 5. The number of carbonyl (C=O) groups excluding carboxylic acids is 5.